The molecule has 0 aliphatic carbocycles. The zero-order valence-corrected chi connectivity index (χ0v) is 15.5. The number of amides is 1. The second-order valence-electron chi connectivity index (χ2n) is 5.95. The van der Waals surface area contributed by atoms with Crippen LogP contribution in [0.3, 0.4) is 0 Å². The summed E-state index contributed by atoms with van der Waals surface area (Å²) in [5.41, 5.74) is 5.28. The number of hydrogen-bond donors (Lipinski definition) is 1. The lowest BCUT2D eigenvalue weighted by atomic mass is 9.98. The third-order valence-electron chi connectivity index (χ3n) is 4.45. The van der Waals surface area contributed by atoms with Crippen LogP contribution in [0.15, 0.2) is 23.1 Å². The fourth-order valence-electron chi connectivity index (χ4n) is 3.06. The maximum absolute atomic E-state index is 14.4. The van der Waals surface area contributed by atoms with E-state index in [0.717, 1.165) is 28.8 Å². The monoisotopic (exact) mass is 400 g/mol. The standard InChI is InChI=1S/C16H17FN2O5S2/c1-24-16(21)13-14(12-10(17)3-2-4-11(12)25-13)26(22,23)19-7-5-9(6-8-19)15(18)20/h2-4,9H,5-8H2,1H3,(H2,18,20). The first-order valence-electron chi connectivity index (χ1n) is 7.86. The second-order valence-corrected chi connectivity index (χ2v) is 8.87. The Morgan fingerprint density at radius 2 is 1.96 bits per heavy atom. The largest absolute Gasteiger partial charge is 0.465 e. The van der Waals surface area contributed by atoms with Gasteiger partial charge in [-0.2, -0.15) is 4.31 Å². The molecule has 1 fully saturated rings. The molecule has 10 heteroatoms. The molecule has 1 aromatic carbocycles. The van der Waals surface area contributed by atoms with Crippen LogP contribution < -0.4 is 5.73 Å². The van der Waals surface area contributed by atoms with Crippen LogP contribution in [0.4, 0.5) is 4.39 Å². The minimum atomic E-state index is -4.15. The number of nitrogens with two attached hydrogens (primary N) is 1. The molecule has 2 aromatic rings. The highest BCUT2D eigenvalue weighted by Crippen LogP contribution is 2.39. The van der Waals surface area contributed by atoms with E-state index in [2.05, 4.69) is 4.74 Å². The lowest BCUT2D eigenvalue weighted by molar-refractivity contribution is -0.122. The van der Waals surface area contributed by atoms with Crippen LogP contribution in [0.1, 0.15) is 22.5 Å². The zero-order valence-electron chi connectivity index (χ0n) is 13.9. The van der Waals surface area contributed by atoms with E-state index in [1.165, 1.54) is 6.07 Å². The zero-order chi connectivity index (χ0) is 19.1. The van der Waals surface area contributed by atoms with Gasteiger partial charge in [-0.25, -0.2) is 17.6 Å². The number of sulfonamides is 1. The van der Waals surface area contributed by atoms with E-state index >= 15 is 0 Å². The fourth-order valence-corrected chi connectivity index (χ4v) is 6.33. The number of thiophene rings is 1. The number of carbonyl (C=O) groups is 2. The molecule has 3 rings (SSSR count). The SMILES string of the molecule is COC(=O)c1sc2cccc(F)c2c1S(=O)(=O)N1CCC(C(N)=O)CC1. The molecule has 0 bridgehead atoms. The van der Waals surface area contributed by atoms with Gasteiger partial charge < -0.3 is 10.5 Å². The summed E-state index contributed by atoms with van der Waals surface area (Å²) in [5.74, 6) is -2.42. The molecule has 1 amide bonds. The molecule has 2 heterocycles. The van der Waals surface area contributed by atoms with Gasteiger partial charge in [0.15, 0.2) is 0 Å². The molecule has 0 spiro atoms. The molecule has 140 valence electrons. The second kappa shape index (κ2) is 6.93. The number of carbonyl (C=O) groups excluding carboxylic acids is 2. The Kier molecular flexibility index (Phi) is 5.00. The summed E-state index contributed by atoms with van der Waals surface area (Å²) in [6.07, 6.45) is 0.569. The van der Waals surface area contributed by atoms with Crippen LogP contribution >= 0.6 is 11.3 Å². The van der Waals surface area contributed by atoms with E-state index in [1.807, 2.05) is 0 Å². The van der Waals surface area contributed by atoms with Crippen LogP contribution in [0.2, 0.25) is 0 Å². The summed E-state index contributed by atoms with van der Waals surface area (Å²) in [7, 11) is -3.02. The molecular formula is C16H17FN2O5S2. The first-order valence-corrected chi connectivity index (χ1v) is 10.1. The number of rotatable bonds is 4. The van der Waals surface area contributed by atoms with Crippen molar-refractivity contribution in [2.24, 2.45) is 11.7 Å². The molecule has 0 atom stereocenters. The van der Waals surface area contributed by atoms with Crippen molar-refractivity contribution < 1.29 is 27.1 Å². The van der Waals surface area contributed by atoms with Gasteiger partial charge in [0, 0.05) is 29.1 Å². The molecular weight excluding hydrogens is 383 g/mol. The maximum atomic E-state index is 14.4. The lowest BCUT2D eigenvalue weighted by Crippen LogP contribution is -2.42. The lowest BCUT2D eigenvalue weighted by Gasteiger charge is -2.29. The van der Waals surface area contributed by atoms with Crippen LogP contribution in [0.25, 0.3) is 10.1 Å². The number of benzene rings is 1. The highest BCUT2D eigenvalue weighted by atomic mass is 32.2. The minimum absolute atomic E-state index is 0.0718. The molecule has 7 nitrogen and oxygen atoms in total. The Hall–Kier alpha value is -2.04. The van der Waals surface area contributed by atoms with E-state index in [4.69, 9.17) is 5.73 Å². The van der Waals surface area contributed by atoms with Crippen molar-refractivity contribution in [3.63, 3.8) is 0 Å². The number of primary amides is 1. The van der Waals surface area contributed by atoms with Gasteiger partial charge in [0.25, 0.3) is 0 Å². The van der Waals surface area contributed by atoms with Gasteiger partial charge in [-0.3, -0.25) is 4.79 Å². The predicted molar refractivity (Wildman–Crippen MR) is 93.8 cm³/mol. The van der Waals surface area contributed by atoms with E-state index in [1.54, 1.807) is 6.07 Å². The third-order valence-corrected chi connectivity index (χ3v) is 7.68. The summed E-state index contributed by atoms with van der Waals surface area (Å²) in [6.45, 7) is 0.144. The summed E-state index contributed by atoms with van der Waals surface area (Å²) >= 11 is 0.873. The number of ether oxygens (including phenoxy) is 1. The normalized spacial score (nSPS) is 16.7. The molecule has 0 unspecified atom stereocenters. The van der Waals surface area contributed by atoms with E-state index in [-0.39, 0.29) is 41.1 Å². The summed E-state index contributed by atoms with van der Waals surface area (Å²) in [5, 5.41) is -0.116. The molecule has 2 N–H and O–H groups in total. The van der Waals surface area contributed by atoms with Crippen molar-refractivity contribution in [2.45, 2.75) is 17.7 Å². The van der Waals surface area contributed by atoms with Crippen molar-refractivity contribution in [1.29, 1.82) is 0 Å². The molecule has 0 saturated carbocycles. The number of halogens is 1. The van der Waals surface area contributed by atoms with Gasteiger partial charge in [0.05, 0.1) is 7.11 Å². The summed E-state index contributed by atoms with van der Waals surface area (Å²) in [4.78, 5) is 22.9. The molecule has 0 radical (unpaired) electrons. The Morgan fingerprint density at radius 3 is 2.54 bits per heavy atom. The van der Waals surface area contributed by atoms with Crippen LogP contribution in [0, 0.1) is 11.7 Å². The quantitative estimate of drug-likeness (QED) is 0.787. The van der Waals surface area contributed by atoms with Gasteiger partial charge >= 0.3 is 5.97 Å². The van der Waals surface area contributed by atoms with Gasteiger partial charge in [0.2, 0.25) is 15.9 Å². The minimum Gasteiger partial charge on any atom is -0.465 e. The van der Waals surface area contributed by atoms with Crippen molar-refractivity contribution in [2.75, 3.05) is 20.2 Å². The third kappa shape index (κ3) is 3.08. The number of hydrogen-bond acceptors (Lipinski definition) is 6. The Bertz CT molecular complexity index is 978. The van der Waals surface area contributed by atoms with Crippen LogP contribution in [-0.2, 0) is 19.6 Å². The number of nitrogens with zero attached hydrogens (tertiary/aromatic N) is 1. The highest BCUT2D eigenvalue weighted by Gasteiger charge is 2.37. The predicted octanol–water partition coefficient (Wildman–Crippen LogP) is 1.71. The maximum Gasteiger partial charge on any atom is 0.349 e. The Balaban J connectivity index is 2.11. The molecule has 1 saturated heterocycles. The summed E-state index contributed by atoms with van der Waals surface area (Å²) < 4.78 is 46.9. The molecule has 1 aliphatic heterocycles. The summed E-state index contributed by atoms with van der Waals surface area (Å²) in [6, 6.07) is 4.15. The molecule has 1 aliphatic rings. The highest BCUT2D eigenvalue weighted by molar-refractivity contribution is 7.89. The number of esters is 1. The average molecular weight is 400 g/mol. The van der Waals surface area contributed by atoms with Gasteiger partial charge in [-0.1, -0.05) is 6.07 Å². The smallest absolute Gasteiger partial charge is 0.349 e. The Labute approximate surface area is 153 Å². The first-order chi connectivity index (χ1) is 12.3. The van der Waals surface area contributed by atoms with E-state index in [9.17, 15) is 22.4 Å². The van der Waals surface area contributed by atoms with Crippen molar-refractivity contribution >= 4 is 43.3 Å². The number of methoxy groups -OCH3 is 1. The fraction of sp³-hybridized carbons (Fsp3) is 0.375. The molecule has 26 heavy (non-hydrogen) atoms. The van der Waals surface area contributed by atoms with Gasteiger partial charge in [-0.05, 0) is 25.0 Å². The van der Waals surface area contributed by atoms with E-state index < -0.39 is 33.6 Å². The van der Waals surface area contributed by atoms with Crippen molar-refractivity contribution in [3.05, 3.63) is 28.9 Å². The van der Waals surface area contributed by atoms with Gasteiger partial charge in [0.1, 0.15) is 15.6 Å². The van der Waals surface area contributed by atoms with E-state index in [0.29, 0.717) is 4.70 Å². The van der Waals surface area contributed by atoms with Crippen molar-refractivity contribution in [3.8, 4) is 0 Å². The first kappa shape index (κ1) is 18.7. The van der Waals surface area contributed by atoms with Crippen molar-refractivity contribution in [1.82, 2.24) is 4.31 Å². The van der Waals surface area contributed by atoms with Gasteiger partial charge in [-0.15, -0.1) is 11.3 Å². The number of fused-ring (bicyclic) bond motifs is 1. The Morgan fingerprint density at radius 1 is 1.31 bits per heavy atom. The molecule has 1 aromatic heterocycles. The average Bonchev–Trinajstić information content (AvgIpc) is 3.03. The number of piperidine rings is 1. The van der Waals surface area contributed by atoms with Crippen LogP contribution in [-0.4, -0.2) is 44.8 Å². The van der Waals surface area contributed by atoms with Crippen LogP contribution in [0.5, 0.6) is 0 Å². The topological polar surface area (TPSA) is 107 Å².